The highest BCUT2D eigenvalue weighted by Crippen LogP contribution is 2.25. The molecule has 0 radical (unpaired) electrons. The quantitative estimate of drug-likeness (QED) is 0.812. The molecule has 1 fully saturated rings. The lowest BCUT2D eigenvalue weighted by Gasteiger charge is -2.31. The fourth-order valence-electron chi connectivity index (χ4n) is 2.94. The summed E-state index contributed by atoms with van der Waals surface area (Å²) in [6.07, 6.45) is 4.67. The SMILES string of the molecule is CCN(c1ccccc1N)C(C)C(=O)NC1CCCC1. The zero-order valence-corrected chi connectivity index (χ0v) is 12.4. The Morgan fingerprint density at radius 2 is 2.05 bits per heavy atom. The molecule has 1 amide bonds. The third-order valence-corrected chi connectivity index (χ3v) is 4.14. The van der Waals surface area contributed by atoms with Crippen molar-refractivity contribution in [2.45, 2.75) is 51.6 Å². The molecule has 1 aromatic carbocycles. The summed E-state index contributed by atoms with van der Waals surface area (Å²) in [6.45, 7) is 4.75. The second kappa shape index (κ2) is 6.64. The van der Waals surface area contributed by atoms with Crippen molar-refractivity contribution < 1.29 is 4.79 Å². The molecule has 1 aliphatic rings. The van der Waals surface area contributed by atoms with E-state index in [0.717, 1.165) is 30.8 Å². The van der Waals surface area contributed by atoms with Crippen molar-refractivity contribution in [2.24, 2.45) is 0 Å². The Hall–Kier alpha value is -1.71. The first-order valence-corrected chi connectivity index (χ1v) is 7.55. The fourth-order valence-corrected chi connectivity index (χ4v) is 2.94. The summed E-state index contributed by atoms with van der Waals surface area (Å²) in [7, 11) is 0. The first kappa shape index (κ1) is 14.7. The maximum atomic E-state index is 12.4. The number of benzene rings is 1. The van der Waals surface area contributed by atoms with E-state index in [1.807, 2.05) is 38.1 Å². The Balaban J connectivity index is 2.06. The molecule has 3 N–H and O–H groups in total. The molecule has 1 atom stereocenters. The van der Waals surface area contributed by atoms with Crippen molar-refractivity contribution in [3.05, 3.63) is 24.3 Å². The summed E-state index contributed by atoms with van der Waals surface area (Å²) < 4.78 is 0. The number of hydrogen-bond acceptors (Lipinski definition) is 3. The predicted molar refractivity (Wildman–Crippen MR) is 83.7 cm³/mol. The van der Waals surface area contributed by atoms with Crippen molar-refractivity contribution in [3.63, 3.8) is 0 Å². The average molecular weight is 275 g/mol. The van der Waals surface area contributed by atoms with Gasteiger partial charge in [-0.25, -0.2) is 0 Å². The number of likely N-dealkylation sites (N-methyl/N-ethyl adjacent to an activating group) is 1. The molecular formula is C16H25N3O. The van der Waals surface area contributed by atoms with E-state index in [0.29, 0.717) is 6.04 Å². The van der Waals surface area contributed by atoms with E-state index in [1.54, 1.807) is 0 Å². The van der Waals surface area contributed by atoms with Gasteiger partial charge in [0.15, 0.2) is 0 Å². The van der Waals surface area contributed by atoms with Crippen LogP contribution in [0.2, 0.25) is 0 Å². The van der Waals surface area contributed by atoms with E-state index in [-0.39, 0.29) is 11.9 Å². The first-order chi connectivity index (χ1) is 9.63. The van der Waals surface area contributed by atoms with Gasteiger partial charge < -0.3 is 16.0 Å². The van der Waals surface area contributed by atoms with E-state index in [9.17, 15) is 4.79 Å². The number of hydrogen-bond donors (Lipinski definition) is 2. The van der Waals surface area contributed by atoms with Gasteiger partial charge in [0, 0.05) is 12.6 Å². The van der Waals surface area contributed by atoms with Crippen LogP contribution in [-0.4, -0.2) is 24.5 Å². The molecule has 0 saturated heterocycles. The molecule has 1 unspecified atom stereocenters. The maximum absolute atomic E-state index is 12.4. The number of nitrogens with two attached hydrogens (primary N) is 1. The summed E-state index contributed by atoms with van der Waals surface area (Å²) in [5.41, 5.74) is 7.68. The molecule has 110 valence electrons. The number of carbonyl (C=O) groups excluding carboxylic acids is 1. The van der Waals surface area contributed by atoms with Gasteiger partial charge in [-0.3, -0.25) is 4.79 Å². The van der Waals surface area contributed by atoms with Crippen LogP contribution in [0.25, 0.3) is 0 Å². The van der Waals surface area contributed by atoms with Crippen LogP contribution >= 0.6 is 0 Å². The van der Waals surface area contributed by atoms with Crippen LogP contribution in [0.1, 0.15) is 39.5 Å². The number of nitrogens with one attached hydrogen (secondary N) is 1. The van der Waals surface area contributed by atoms with E-state index >= 15 is 0 Å². The van der Waals surface area contributed by atoms with Gasteiger partial charge in [0.1, 0.15) is 6.04 Å². The lowest BCUT2D eigenvalue weighted by Crippen LogP contribution is -2.48. The highest BCUT2D eigenvalue weighted by Gasteiger charge is 2.25. The molecule has 0 aliphatic heterocycles. The first-order valence-electron chi connectivity index (χ1n) is 7.55. The van der Waals surface area contributed by atoms with Crippen molar-refractivity contribution >= 4 is 17.3 Å². The molecule has 0 bridgehead atoms. The summed E-state index contributed by atoms with van der Waals surface area (Å²) in [5, 5.41) is 3.16. The molecule has 0 aromatic heterocycles. The van der Waals surface area contributed by atoms with Crippen LogP contribution in [0.3, 0.4) is 0 Å². The van der Waals surface area contributed by atoms with Gasteiger partial charge in [0.2, 0.25) is 5.91 Å². The average Bonchev–Trinajstić information content (AvgIpc) is 2.94. The zero-order chi connectivity index (χ0) is 14.5. The number of carbonyl (C=O) groups is 1. The Kier molecular flexibility index (Phi) is 4.88. The summed E-state index contributed by atoms with van der Waals surface area (Å²) >= 11 is 0. The minimum absolute atomic E-state index is 0.0991. The Bertz CT molecular complexity index is 455. The van der Waals surface area contributed by atoms with Gasteiger partial charge in [0.25, 0.3) is 0 Å². The number of nitrogen functional groups attached to an aromatic ring is 1. The van der Waals surface area contributed by atoms with Crippen molar-refractivity contribution in [1.82, 2.24) is 5.32 Å². The third kappa shape index (κ3) is 3.24. The van der Waals surface area contributed by atoms with Crippen LogP contribution < -0.4 is 16.0 Å². The molecule has 4 heteroatoms. The molecule has 20 heavy (non-hydrogen) atoms. The summed E-state index contributed by atoms with van der Waals surface area (Å²) in [5.74, 6) is 0.0991. The molecule has 2 rings (SSSR count). The topological polar surface area (TPSA) is 58.4 Å². The molecule has 1 aliphatic carbocycles. The van der Waals surface area contributed by atoms with E-state index < -0.39 is 0 Å². The van der Waals surface area contributed by atoms with Crippen LogP contribution in [0.15, 0.2) is 24.3 Å². The fraction of sp³-hybridized carbons (Fsp3) is 0.562. The lowest BCUT2D eigenvalue weighted by atomic mass is 10.1. The normalized spacial score (nSPS) is 16.9. The number of para-hydroxylation sites is 2. The third-order valence-electron chi connectivity index (χ3n) is 4.14. The highest BCUT2D eigenvalue weighted by atomic mass is 16.2. The zero-order valence-electron chi connectivity index (χ0n) is 12.4. The minimum atomic E-state index is -0.203. The Morgan fingerprint density at radius 3 is 2.65 bits per heavy atom. The van der Waals surface area contributed by atoms with Crippen molar-refractivity contribution in [1.29, 1.82) is 0 Å². The van der Waals surface area contributed by atoms with E-state index in [4.69, 9.17) is 5.73 Å². The molecule has 4 nitrogen and oxygen atoms in total. The van der Waals surface area contributed by atoms with Crippen molar-refractivity contribution in [3.8, 4) is 0 Å². The van der Waals surface area contributed by atoms with E-state index in [2.05, 4.69) is 10.2 Å². The van der Waals surface area contributed by atoms with Crippen molar-refractivity contribution in [2.75, 3.05) is 17.2 Å². The Labute approximate surface area is 121 Å². The number of amides is 1. The predicted octanol–water partition coefficient (Wildman–Crippen LogP) is 2.54. The number of anilines is 2. The van der Waals surface area contributed by atoms with Crippen LogP contribution in [0.5, 0.6) is 0 Å². The minimum Gasteiger partial charge on any atom is -0.397 e. The van der Waals surface area contributed by atoms with Gasteiger partial charge in [0.05, 0.1) is 11.4 Å². The molecule has 0 heterocycles. The van der Waals surface area contributed by atoms with Crippen LogP contribution in [0, 0.1) is 0 Å². The smallest absolute Gasteiger partial charge is 0.242 e. The van der Waals surface area contributed by atoms with Gasteiger partial charge in [-0.15, -0.1) is 0 Å². The largest absolute Gasteiger partial charge is 0.397 e. The maximum Gasteiger partial charge on any atom is 0.242 e. The monoisotopic (exact) mass is 275 g/mol. The number of nitrogens with zero attached hydrogens (tertiary/aromatic N) is 1. The number of rotatable bonds is 5. The molecule has 1 saturated carbocycles. The van der Waals surface area contributed by atoms with Crippen LogP contribution in [-0.2, 0) is 4.79 Å². The Morgan fingerprint density at radius 1 is 1.40 bits per heavy atom. The molecule has 1 aromatic rings. The second-order valence-corrected chi connectivity index (χ2v) is 5.51. The molecular weight excluding hydrogens is 250 g/mol. The van der Waals surface area contributed by atoms with Crippen LogP contribution in [0.4, 0.5) is 11.4 Å². The van der Waals surface area contributed by atoms with Gasteiger partial charge in [-0.1, -0.05) is 25.0 Å². The van der Waals surface area contributed by atoms with Gasteiger partial charge in [-0.05, 0) is 38.8 Å². The lowest BCUT2D eigenvalue weighted by molar-refractivity contribution is -0.122. The molecule has 0 spiro atoms. The standard InChI is InChI=1S/C16H25N3O/c1-3-19(15-11-7-6-10-14(15)17)12(2)16(20)18-13-8-4-5-9-13/h6-7,10-13H,3-5,8-9,17H2,1-2H3,(H,18,20). The van der Waals surface area contributed by atoms with E-state index in [1.165, 1.54) is 12.8 Å². The summed E-state index contributed by atoms with van der Waals surface area (Å²) in [6, 6.07) is 7.87. The second-order valence-electron chi connectivity index (χ2n) is 5.51. The van der Waals surface area contributed by atoms with Gasteiger partial charge in [-0.2, -0.15) is 0 Å². The van der Waals surface area contributed by atoms with Gasteiger partial charge >= 0.3 is 0 Å². The highest BCUT2D eigenvalue weighted by molar-refractivity contribution is 5.86. The summed E-state index contributed by atoms with van der Waals surface area (Å²) in [4.78, 5) is 14.4.